The number of halogens is 1. The number of ether oxygens (including phenoxy) is 1. The average molecular weight is 449 g/mol. The molecule has 0 aliphatic heterocycles. The summed E-state index contributed by atoms with van der Waals surface area (Å²) in [7, 11) is 0. The Hall–Kier alpha value is -1.92. The van der Waals surface area contributed by atoms with E-state index in [0.717, 1.165) is 28.6 Å². The van der Waals surface area contributed by atoms with Crippen LogP contribution in [0.2, 0.25) is 0 Å². The number of thiocarbonyl (C=S) groups is 1. The number of carbonyl (C=O) groups excluding carboxylic acids is 1. The van der Waals surface area contributed by atoms with Crippen molar-refractivity contribution in [2.75, 3.05) is 11.9 Å². The number of unbranched alkanes of at least 4 members (excludes halogenated alkanes) is 3. The van der Waals surface area contributed by atoms with Crippen LogP contribution in [0.15, 0.2) is 46.9 Å². The molecule has 0 saturated carbocycles. The summed E-state index contributed by atoms with van der Waals surface area (Å²) in [4.78, 5) is 12.7. The molecule has 0 spiro atoms. The van der Waals surface area contributed by atoms with Gasteiger partial charge in [-0.25, -0.2) is 0 Å². The third kappa shape index (κ3) is 7.31. The van der Waals surface area contributed by atoms with Gasteiger partial charge >= 0.3 is 0 Å². The number of rotatable bonds is 8. The molecule has 144 valence electrons. The van der Waals surface area contributed by atoms with E-state index < -0.39 is 0 Å². The van der Waals surface area contributed by atoms with E-state index in [1.807, 2.05) is 37.3 Å². The number of hydrogen-bond acceptors (Lipinski definition) is 3. The maximum absolute atomic E-state index is 12.7. The fraction of sp³-hybridized carbons (Fsp3) is 0.333. The maximum atomic E-state index is 12.7. The first-order chi connectivity index (χ1) is 13.0. The van der Waals surface area contributed by atoms with Crippen LogP contribution in [0.4, 0.5) is 5.69 Å². The SMILES string of the molecule is CCCCCCOc1ccc(Br)cc1C(=O)NC(=S)Nc1cccc(C)c1. The van der Waals surface area contributed by atoms with Crippen LogP contribution in [0, 0.1) is 6.92 Å². The van der Waals surface area contributed by atoms with Gasteiger partial charge in [0, 0.05) is 10.2 Å². The van der Waals surface area contributed by atoms with Crippen LogP contribution < -0.4 is 15.4 Å². The van der Waals surface area contributed by atoms with Crippen LogP contribution in [-0.4, -0.2) is 17.6 Å². The summed E-state index contributed by atoms with van der Waals surface area (Å²) in [5.74, 6) is 0.260. The molecule has 2 aromatic carbocycles. The lowest BCUT2D eigenvalue weighted by Crippen LogP contribution is -2.34. The Morgan fingerprint density at radius 2 is 1.96 bits per heavy atom. The number of nitrogens with one attached hydrogen (secondary N) is 2. The zero-order valence-corrected chi connectivity index (χ0v) is 18.1. The summed E-state index contributed by atoms with van der Waals surface area (Å²) in [6.07, 6.45) is 4.46. The zero-order valence-electron chi connectivity index (χ0n) is 15.7. The summed E-state index contributed by atoms with van der Waals surface area (Å²) >= 11 is 8.68. The number of carbonyl (C=O) groups is 1. The summed E-state index contributed by atoms with van der Waals surface area (Å²) in [6.45, 7) is 4.76. The lowest BCUT2D eigenvalue weighted by atomic mass is 10.2. The van der Waals surface area contributed by atoms with Crippen molar-refractivity contribution in [1.29, 1.82) is 0 Å². The van der Waals surface area contributed by atoms with Crippen molar-refractivity contribution in [3.8, 4) is 5.75 Å². The predicted molar refractivity (Wildman–Crippen MR) is 119 cm³/mol. The van der Waals surface area contributed by atoms with Gasteiger partial charge in [-0.3, -0.25) is 10.1 Å². The molecule has 2 aromatic rings. The normalized spacial score (nSPS) is 10.3. The number of aryl methyl sites for hydroxylation is 1. The lowest BCUT2D eigenvalue weighted by molar-refractivity contribution is 0.0973. The van der Waals surface area contributed by atoms with E-state index >= 15 is 0 Å². The molecule has 1 amide bonds. The highest BCUT2D eigenvalue weighted by Crippen LogP contribution is 2.24. The Labute approximate surface area is 174 Å². The van der Waals surface area contributed by atoms with Crippen molar-refractivity contribution < 1.29 is 9.53 Å². The molecule has 0 fully saturated rings. The van der Waals surface area contributed by atoms with Crippen LogP contribution >= 0.6 is 28.1 Å². The quantitative estimate of drug-likeness (QED) is 0.393. The number of amides is 1. The van der Waals surface area contributed by atoms with Crippen molar-refractivity contribution in [3.05, 3.63) is 58.1 Å². The fourth-order valence-corrected chi connectivity index (χ4v) is 3.14. The van der Waals surface area contributed by atoms with Gasteiger partial charge in [0.15, 0.2) is 5.11 Å². The standard InChI is InChI=1S/C21H25BrN2O2S/c1-3-4-5-6-12-26-19-11-10-16(22)14-18(19)20(25)24-21(27)23-17-9-7-8-15(2)13-17/h7-11,13-14H,3-6,12H2,1-2H3,(H2,23,24,25,27). The lowest BCUT2D eigenvalue weighted by Gasteiger charge is -2.14. The van der Waals surface area contributed by atoms with Crippen LogP contribution in [0.1, 0.15) is 48.5 Å². The van der Waals surface area contributed by atoms with E-state index in [1.165, 1.54) is 12.8 Å². The highest BCUT2D eigenvalue weighted by Gasteiger charge is 2.15. The van der Waals surface area contributed by atoms with Crippen LogP contribution in [0.25, 0.3) is 0 Å². The highest BCUT2D eigenvalue weighted by molar-refractivity contribution is 9.10. The molecule has 0 unspecified atom stereocenters. The molecule has 2 N–H and O–H groups in total. The van der Waals surface area contributed by atoms with Gasteiger partial charge in [-0.05, 0) is 61.5 Å². The minimum Gasteiger partial charge on any atom is -0.493 e. The Morgan fingerprint density at radius 1 is 1.15 bits per heavy atom. The molecule has 0 aromatic heterocycles. The Balaban J connectivity index is 1.99. The Bertz CT molecular complexity index is 796. The molecule has 6 heteroatoms. The molecule has 0 radical (unpaired) electrons. The largest absolute Gasteiger partial charge is 0.493 e. The minimum atomic E-state index is -0.301. The molecule has 27 heavy (non-hydrogen) atoms. The fourth-order valence-electron chi connectivity index (χ4n) is 2.57. The molecular weight excluding hydrogens is 424 g/mol. The van der Waals surface area contributed by atoms with Gasteiger partial charge in [0.05, 0.1) is 12.2 Å². The van der Waals surface area contributed by atoms with E-state index in [0.29, 0.717) is 17.9 Å². The monoisotopic (exact) mass is 448 g/mol. The second-order valence-electron chi connectivity index (χ2n) is 6.33. The summed E-state index contributed by atoms with van der Waals surface area (Å²) in [5.41, 5.74) is 2.40. The smallest absolute Gasteiger partial charge is 0.261 e. The molecule has 4 nitrogen and oxygen atoms in total. The molecule has 0 aliphatic carbocycles. The summed E-state index contributed by atoms with van der Waals surface area (Å²) < 4.78 is 6.64. The first kappa shape index (κ1) is 21.4. The van der Waals surface area contributed by atoms with E-state index in [9.17, 15) is 4.79 Å². The number of hydrogen-bond donors (Lipinski definition) is 2. The predicted octanol–water partition coefficient (Wildman–Crippen LogP) is 5.84. The highest BCUT2D eigenvalue weighted by atomic mass is 79.9. The van der Waals surface area contributed by atoms with Crippen LogP contribution in [0.5, 0.6) is 5.75 Å². The summed E-state index contributed by atoms with van der Waals surface area (Å²) in [5, 5.41) is 6.00. The Kier molecular flexibility index (Phi) is 8.75. The second kappa shape index (κ2) is 11.0. The van der Waals surface area contributed by atoms with E-state index in [4.69, 9.17) is 17.0 Å². The van der Waals surface area contributed by atoms with Crippen molar-refractivity contribution in [2.45, 2.75) is 39.5 Å². The molecule has 0 aliphatic rings. The van der Waals surface area contributed by atoms with E-state index in [2.05, 4.69) is 33.5 Å². The minimum absolute atomic E-state index is 0.250. The van der Waals surface area contributed by atoms with Gasteiger partial charge in [-0.15, -0.1) is 0 Å². The Morgan fingerprint density at radius 3 is 2.70 bits per heavy atom. The van der Waals surface area contributed by atoms with Gasteiger partial charge in [0.2, 0.25) is 0 Å². The molecule has 0 saturated heterocycles. The van der Waals surface area contributed by atoms with Gasteiger partial charge < -0.3 is 10.1 Å². The first-order valence-corrected chi connectivity index (χ1v) is 10.3. The zero-order chi connectivity index (χ0) is 19.6. The average Bonchev–Trinajstić information content (AvgIpc) is 2.62. The molecule has 0 heterocycles. The van der Waals surface area contributed by atoms with Crippen LogP contribution in [-0.2, 0) is 0 Å². The first-order valence-electron chi connectivity index (χ1n) is 9.11. The maximum Gasteiger partial charge on any atom is 0.261 e. The number of benzene rings is 2. The topological polar surface area (TPSA) is 50.4 Å². The molecular formula is C21H25BrN2O2S. The van der Waals surface area contributed by atoms with Crippen molar-refractivity contribution >= 4 is 44.9 Å². The second-order valence-corrected chi connectivity index (χ2v) is 7.65. The van der Waals surface area contributed by atoms with Crippen molar-refractivity contribution in [2.24, 2.45) is 0 Å². The van der Waals surface area contributed by atoms with Gasteiger partial charge in [0.25, 0.3) is 5.91 Å². The van der Waals surface area contributed by atoms with E-state index in [1.54, 1.807) is 12.1 Å². The molecule has 2 rings (SSSR count). The number of anilines is 1. The van der Waals surface area contributed by atoms with Crippen molar-refractivity contribution in [3.63, 3.8) is 0 Å². The summed E-state index contributed by atoms with van der Waals surface area (Å²) in [6, 6.07) is 13.2. The van der Waals surface area contributed by atoms with Crippen molar-refractivity contribution in [1.82, 2.24) is 5.32 Å². The third-order valence-electron chi connectivity index (χ3n) is 3.94. The van der Waals surface area contributed by atoms with Gasteiger partial charge in [-0.1, -0.05) is 54.2 Å². The van der Waals surface area contributed by atoms with Gasteiger partial charge in [-0.2, -0.15) is 0 Å². The van der Waals surface area contributed by atoms with E-state index in [-0.39, 0.29) is 11.0 Å². The van der Waals surface area contributed by atoms with Gasteiger partial charge in [0.1, 0.15) is 5.75 Å². The van der Waals surface area contributed by atoms with Crippen LogP contribution in [0.3, 0.4) is 0 Å². The molecule has 0 atom stereocenters. The third-order valence-corrected chi connectivity index (χ3v) is 4.64. The molecule has 0 bridgehead atoms.